The summed E-state index contributed by atoms with van der Waals surface area (Å²) in [5, 5.41) is 3.07. The molecule has 0 bridgehead atoms. The van der Waals surface area contributed by atoms with Crippen molar-refractivity contribution in [3.8, 4) is 0 Å². The summed E-state index contributed by atoms with van der Waals surface area (Å²) >= 11 is 0. The van der Waals surface area contributed by atoms with Gasteiger partial charge in [0.1, 0.15) is 9.84 Å². The van der Waals surface area contributed by atoms with E-state index in [0.717, 1.165) is 6.54 Å². The zero-order valence-corrected chi connectivity index (χ0v) is 10.7. The number of carbonyl (C=O) groups is 1. The molecule has 0 saturated carbocycles. The molecule has 1 heterocycles. The summed E-state index contributed by atoms with van der Waals surface area (Å²) in [6.45, 7) is 5.48. The van der Waals surface area contributed by atoms with E-state index in [1.165, 1.54) is 0 Å². The second-order valence-corrected chi connectivity index (χ2v) is 6.56. The number of nitrogens with zero attached hydrogens (tertiary/aromatic N) is 1. The third-order valence-corrected chi connectivity index (χ3v) is 4.63. The van der Waals surface area contributed by atoms with E-state index in [-0.39, 0.29) is 23.5 Å². The van der Waals surface area contributed by atoms with Crippen LogP contribution in [0.5, 0.6) is 0 Å². The van der Waals surface area contributed by atoms with Crippen molar-refractivity contribution < 1.29 is 13.2 Å². The van der Waals surface area contributed by atoms with Crippen molar-refractivity contribution in [1.29, 1.82) is 0 Å². The molecule has 0 aromatic carbocycles. The second kappa shape index (κ2) is 5.63. The summed E-state index contributed by atoms with van der Waals surface area (Å²) in [5.74, 6) is 0.425. The van der Waals surface area contributed by atoms with Crippen LogP contribution in [0.2, 0.25) is 0 Å². The van der Waals surface area contributed by atoms with Crippen LogP contribution >= 0.6 is 0 Å². The zero-order valence-electron chi connectivity index (χ0n) is 9.90. The Morgan fingerprint density at radius 1 is 1.50 bits per heavy atom. The highest BCUT2D eigenvalue weighted by molar-refractivity contribution is 7.91. The van der Waals surface area contributed by atoms with Gasteiger partial charge in [0.25, 0.3) is 0 Å². The van der Waals surface area contributed by atoms with Gasteiger partial charge in [-0.05, 0) is 13.3 Å². The predicted molar refractivity (Wildman–Crippen MR) is 63.0 cm³/mol. The first-order chi connectivity index (χ1) is 7.46. The molecule has 1 amide bonds. The highest BCUT2D eigenvalue weighted by Crippen LogP contribution is 2.03. The standard InChI is InChI=1S/C10H20N2O3S/c1-3-16(14,15)8-4-6-12-7-5-11-9(2)10(12)13/h9,11H,3-8H2,1-2H3. The molecule has 5 nitrogen and oxygen atoms in total. The fraction of sp³-hybridized carbons (Fsp3) is 0.900. The predicted octanol–water partition coefficient (Wildman–Crippen LogP) is -0.368. The van der Waals surface area contributed by atoms with Crippen LogP contribution in [0.3, 0.4) is 0 Å². The highest BCUT2D eigenvalue weighted by Gasteiger charge is 2.24. The number of sulfone groups is 1. The van der Waals surface area contributed by atoms with Crippen molar-refractivity contribution in [2.24, 2.45) is 0 Å². The number of amides is 1. The monoisotopic (exact) mass is 248 g/mol. The summed E-state index contributed by atoms with van der Waals surface area (Å²) < 4.78 is 22.5. The number of piperazine rings is 1. The average Bonchev–Trinajstić information content (AvgIpc) is 2.24. The Labute approximate surface area is 97.1 Å². The molecule has 94 valence electrons. The van der Waals surface area contributed by atoms with Crippen molar-refractivity contribution in [3.63, 3.8) is 0 Å². The van der Waals surface area contributed by atoms with Gasteiger partial charge in [0.2, 0.25) is 5.91 Å². The quantitative estimate of drug-likeness (QED) is 0.721. The van der Waals surface area contributed by atoms with E-state index < -0.39 is 9.84 Å². The molecule has 1 fully saturated rings. The molecule has 0 spiro atoms. The minimum Gasteiger partial charge on any atom is -0.340 e. The number of nitrogens with one attached hydrogen (secondary N) is 1. The number of hydrogen-bond donors (Lipinski definition) is 1. The topological polar surface area (TPSA) is 66.5 Å². The molecule has 16 heavy (non-hydrogen) atoms. The van der Waals surface area contributed by atoms with Crippen molar-refractivity contribution in [3.05, 3.63) is 0 Å². The summed E-state index contributed by atoms with van der Waals surface area (Å²) in [5.41, 5.74) is 0. The van der Waals surface area contributed by atoms with Gasteiger partial charge < -0.3 is 10.2 Å². The van der Waals surface area contributed by atoms with Gasteiger partial charge in [-0.1, -0.05) is 6.92 Å². The molecule has 1 atom stereocenters. The van der Waals surface area contributed by atoms with Crippen molar-refractivity contribution >= 4 is 15.7 Å². The van der Waals surface area contributed by atoms with Crippen molar-refractivity contribution in [2.75, 3.05) is 31.1 Å². The molecule has 1 aliphatic rings. The van der Waals surface area contributed by atoms with Crippen molar-refractivity contribution in [1.82, 2.24) is 10.2 Å². The van der Waals surface area contributed by atoms with Crippen LogP contribution in [-0.4, -0.2) is 56.4 Å². The van der Waals surface area contributed by atoms with Gasteiger partial charge in [-0.3, -0.25) is 4.79 Å². The van der Waals surface area contributed by atoms with Crippen LogP contribution in [0.4, 0.5) is 0 Å². The van der Waals surface area contributed by atoms with Crippen LogP contribution in [0.15, 0.2) is 0 Å². The molecule has 1 saturated heterocycles. The van der Waals surface area contributed by atoms with Gasteiger partial charge in [-0.25, -0.2) is 8.42 Å². The van der Waals surface area contributed by atoms with E-state index >= 15 is 0 Å². The SMILES string of the molecule is CCS(=O)(=O)CCCN1CCNC(C)C1=O. The maximum atomic E-state index is 11.7. The number of carbonyl (C=O) groups excluding carboxylic acids is 1. The Morgan fingerprint density at radius 3 is 2.81 bits per heavy atom. The third-order valence-electron chi connectivity index (χ3n) is 2.84. The summed E-state index contributed by atoms with van der Waals surface area (Å²) in [6, 6.07) is -0.142. The van der Waals surface area contributed by atoms with Gasteiger partial charge in [0.05, 0.1) is 11.8 Å². The fourth-order valence-corrected chi connectivity index (χ4v) is 2.59. The molecule has 0 radical (unpaired) electrons. The maximum Gasteiger partial charge on any atom is 0.239 e. The van der Waals surface area contributed by atoms with E-state index in [0.29, 0.717) is 19.5 Å². The Bertz CT molecular complexity index is 340. The lowest BCUT2D eigenvalue weighted by Gasteiger charge is -2.31. The van der Waals surface area contributed by atoms with Crippen LogP contribution in [0, 0.1) is 0 Å². The van der Waals surface area contributed by atoms with Gasteiger partial charge in [-0.2, -0.15) is 0 Å². The van der Waals surface area contributed by atoms with Crippen LogP contribution in [0.25, 0.3) is 0 Å². The molecular weight excluding hydrogens is 228 g/mol. The average molecular weight is 248 g/mol. The molecule has 0 aromatic rings. The van der Waals surface area contributed by atoms with E-state index in [1.54, 1.807) is 11.8 Å². The minimum absolute atomic E-state index is 0.0696. The molecule has 0 aromatic heterocycles. The van der Waals surface area contributed by atoms with Crippen LogP contribution in [0.1, 0.15) is 20.3 Å². The van der Waals surface area contributed by atoms with E-state index in [2.05, 4.69) is 5.32 Å². The smallest absolute Gasteiger partial charge is 0.239 e. The van der Waals surface area contributed by atoms with E-state index in [1.807, 2.05) is 6.92 Å². The second-order valence-electron chi connectivity index (χ2n) is 4.09. The summed E-state index contributed by atoms with van der Waals surface area (Å²) in [6.07, 6.45) is 0.536. The van der Waals surface area contributed by atoms with Gasteiger partial charge in [-0.15, -0.1) is 0 Å². The number of rotatable bonds is 5. The molecule has 1 rings (SSSR count). The lowest BCUT2D eigenvalue weighted by Crippen LogP contribution is -2.53. The molecule has 0 aliphatic carbocycles. The molecule has 1 unspecified atom stereocenters. The van der Waals surface area contributed by atoms with Gasteiger partial charge >= 0.3 is 0 Å². The Kier molecular flexibility index (Phi) is 4.73. The molecule has 1 N–H and O–H groups in total. The Morgan fingerprint density at radius 2 is 2.19 bits per heavy atom. The number of hydrogen-bond acceptors (Lipinski definition) is 4. The highest BCUT2D eigenvalue weighted by atomic mass is 32.2. The molecule has 1 aliphatic heterocycles. The first kappa shape index (κ1) is 13.4. The zero-order chi connectivity index (χ0) is 12.2. The first-order valence-electron chi connectivity index (χ1n) is 5.69. The first-order valence-corrected chi connectivity index (χ1v) is 7.51. The van der Waals surface area contributed by atoms with E-state index in [4.69, 9.17) is 0 Å². The maximum absolute atomic E-state index is 11.7. The van der Waals surface area contributed by atoms with Gasteiger partial charge in [0.15, 0.2) is 0 Å². The van der Waals surface area contributed by atoms with Crippen molar-refractivity contribution in [2.45, 2.75) is 26.3 Å². The molecular formula is C10H20N2O3S. The van der Waals surface area contributed by atoms with Crippen LogP contribution < -0.4 is 5.32 Å². The summed E-state index contributed by atoms with van der Waals surface area (Å²) in [7, 11) is -2.90. The Balaban J connectivity index is 2.35. The lowest BCUT2D eigenvalue weighted by molar-refractivity contribution is -0.135. The minimum atomic E-state index is -2.90. The van der Waals surface area contributed by atoms with Gasteiger partial charge in [0, 0.05) is 25.4 Å². The fourth-order valence-electron chi connectivity index (χ4n) is 1.73. The third kappa shape index (κ3) is 3.75. The normalized spacial score (nSPS) is 22.5. The largest absolute Gasteiger partial charge is 0.340 e. The summed E-state index contributed by atoms with van der Waals surface area (Å²) in [4.78, 5) is 13.4. The lowest BCUT2D eigenvalue weighted by atomic mass is 10.2. The Hall–Kier alpha value is -0.620. The van der Waals surface area contributed by atoms with E-state index in [9.17, 15) is 13.2 Å². The molecule has 6 heteroatoms. The van der Waals surface area contributed by atoms with Crippen LogP contribution in [-0.2, 0) is 14.6 Å².